The van der Waals surface area contributed by atoms with E-state index in [0.717, 1.165) is 28.9 Å². The fourth-order valence-corrected chi connectivity index (χ4v) is 1.99. The summed E-state index contributed by atoms with van der Waals surface area (Å²) in [6.45, 7) is 2.67. The summed E-state index contributed by atoms with van der Waals surface area (Å²) in [6.07, 6.45) is -0.619. The molecule has 0 aliphatic rings. The van der Waals surface area contributed by atoms with Gasteiger partial charge in [0.25, 0.3) is 0 Å². The molecule has 0 radical (unpaired) electrons. The van der Waals surface area contributed by atoms with Crippen molar-refractivity contribution in [2.75, 3.05) is 40.6 Å². The number of benzene rings is 1. The van der Waals surface area contributed by atoms with E-state index in [1.54, 1.807) is 14.2 Å². The fourth-order valence-electron chi connectivity index (χ4n) is 1.61. The number of hydrogen-bond donors (Lipinski definition) is 2. The largest absolute Gasteiger partial charge is 0.491 e. The summed E-state index contributed by atoms with van der Waals surface area (Å²) < 4.78 is 16.4. The minimum absolute atomic E-state index is 0.214. The molecule has 1 aromatic carbocycles. The minimum Gasteiger partial charge on any atom is -0.491 e. The van der Waals surface area contributed by atoms with E-state index >= 15 is 0 Å². The first-order valence-electron chi connectivity index (χ1n) is 6.45. The summed E-state index contributed by atoms with van der Waals surface area (Å²) in [5.41, 5.74) is 1.10. The number of rotatable bonds is 10. The van der Waals surface area contributed by atoms with Crippen molar-refractivity contribution in [3.05, 3.63) is 28.2 Å². The van der Waals surface area contributed by atoms with Gasteiger partial charge in [-0.25, -0.2) is 0 Å². The van der Waals surface area contributed by atoms with Crippen LogP contribution in [0.15, 0.2) is 22.7 Å². The second-order valence-corrected chi connectivity index (χ2v) is 5.20. The van der Waals surface area contributed by atoms with E-state index in [0.29, 0.717) is 6.61 Å². The third kappa shape index (κ3) is 6.67. The number of aliphatic hydroxyl groups excluding tert-OH is 1. The molecule has 0 bridgehead atoms. The Bertz CT molecular complexity index is 389. The first-order chi connectivity index (χ1) is 9.67. The highest BCUT2D eigenvalue weighted by Crippen LogP contribution is 2.22. The highest BCUT2D eigenvalue weighted by Gasteiger charge is 2.06. The van der Waals surface area contributed by atoms with Crippen LogP contribution in [0.5, 0.6) is 5.75 Å². The fraction of sp³-hybridized carbons (Fsp3) is 0.571. The molecule has 1 rings (SSSR count). The third-order valence-electron chi connectivity index (χ3n) is 2.62. The SMILES string of the molecule is COCCNCc1cc(OCC(O)COC)ccc1Br. The van der Waals surface area contributed by atoms with Crippen molar-refractivity contribution in [1.29, 1.82) is 0 Å². The first kappa shape index (κ1) is 17.4. The number of ether oxygens (including phenoxy) is 3. The molecule has 0 aliphatic heterocycles. The zero-order valence-electron chi connectivity index (χ0n) is 11.9. The van der Waals surface area contributed by atoms with Crippen LogP contribution in [-0.4, -0.2) is 51.8 Å². The molecule has 20 heavy (non-hydrogen) atoms. The van der Waals surface area contributed by atoms with E-state index in [4.69, 9.17) is 14.2 Å². The van der Waals surface area contributed by atoms with E-state index in [9.17, 15) is 5.11 Å². The summed E-state index contributed by atoms with van der Waals surface area (Å²) in [7, 11) is 3.23. The number of methoxy groups -OCH3 is 2. The molecule has 114 valence electrons. The Morgan fingerprint density at radius 2 is 2.05 bits per heavy atom. The quantitative estimate of drug-likeness (QED) is 0.629. The normalized spacial score (nSPS) is 12.4. The molecule has 6 heteroatoms. The van der Waals surface area contributed by atoms with Gasteiger partial charge in [0.1, 0.15) is 18.5 Å². The molecule has 0 fully saturated rings. The second-order valence-electron chi connectivity index (χ2n) is 4.34. The Morgan fingerprint density at radius 3 is 2.75 bits per heavy atom. The molecule has 0 spiro atoms. The Kier molecular flexibility index (Phi) is 8.80. The average Bonchev–Trinajstić information content (AvgIpc) is 2.44. The van der Waals surface area contributed by atoms with Gasteiger partial charge in [-0.3, -0.25) is 0 Å². The van der Waals surface area contributed by atoms with Crippen molar-refractivity contribution in [2.45, 2.75) is 12.6 Å². The Balaban J connectivity index is 2.48. The topological polar surface area (TPSA) is 60.0 Å². The van der Waals surface area contributed by atoms with Crippen molar-refractivity contribution in [3.8, 4) is 5.75 Å². The van der Waals surface area contributed by atoms with E-state index in [-0.39, 0.29) is 13.2 Å². The Morgan fingerprint density at radius 1 is 1.25 bits per heavy atom. The van der Waals surface area contributed by atoms with E-state index in [2.05, 4.69) is 21.2 Å². The summed E-state index contributed by atoms with van der Waals surface area (Å²) in [6, 6.07) is 5.75. The number of nitrogens with one attached hydrogen (secondary N) is 1. The predicted molar refractivity (Wildman–Crippen MR) is 81.1 cm³/mol. The van der Waals surface area contributed by atoms with Crippen LogP contribution in [0.2, 0.25) is 0 Å². The molecule has 1 aromatic rings. The summed E-state index contributed by atoms with van der Waals surface area (Å²) in [4.78, 5) is 0. The molecule has 0 aliphatic carbocycles. The van der Waals surface area contributed by atoms with Gasteiger partial charge in [-0.1, -0.05) is 15.9 Å². The molecule has 0 amide bonds. The van der Waals surface area contributed by atoms with Crippen molar-refractivity contribution < 1.29 is 19.3 Å². The predicted octanol–water partition coefficient (Wildman–Crippen LogP) is 1.57. The molecule has 0 saturated heterocycles. The Labute approximate surface area is 128 Å². The van der Waals surface area contributed by atoms with Crippen LogP contribution >= 0.6 is 15.9 Å². The minimum atomic E-state index is -0.619. The highest BCUT2D eigenvalue weighted by atomic mass is 79.9. The molecule has 0 heterocycles. The molecule has 1 atom stereocenters. The molecule has 0 saturated carbocycles. The maximum atomic E-state index is 9.55. The molecule has 2 N–H and O–H groups in total. The molecule has 5 nitrogen and oxygen atoms in total. The van der Waals surface area contributed by atoms with Gasteiger partial charge in [-0.05, 0) is 23.8 Å². The van der Waals surface area contributed by atoms with Crippen LogP contribution in [0.4, 0.5) is 0 Å². The van der Waals surface area contributed by atoms with Crippen LogP contribution in [0.1, 0.15) is 5.56 Å². The van der Waals surface area contributed by atoms with Crippen molar-refractivity contribution >= 4 is 15.9 Å². The molecule has 0 aromatic heterocycles. The zero-order valence-corrected chi connectivity index (χ0v) is 13.5. The smallest absolute Gasteiger partial charge is 0.119 e. The number of halogens is 1. The van der Waals surface area contributed by atoms with Crippen molar-refractivity contribution in [2.24, 2.45) is 0 Å². The second kappa shape index (κ2) is 10.1. The van der Waals surface area contributed by atoms with Gasteiger partial charge in [0.2, 0.25) is 0 Å². The van der Waals surface area contributed by atoms with Crippen LogP contribution in [-0.2, 0) is 16.0 Å². The molecular weight excluding hydrogens is 326 g/mol. The monoisotopic (exact) mass is 347 g/mol. The van der Waals surface area contributed by atoms with Crippen LogP contribution in [0, 0.1) is 0 Å². The summed E-state index contributed by atoms with van der Waals surface area (Å²) in [5.74, 6) is 0.729. The molecular formula is C14H22BrNO4. The van der Waals surface area contributed by atoms with E-state index in [1.807, 2.05) is 18.2 Å². The average molecular weight is 348 g/mol. The van der Waals surface area contributed by atoms with Crippen LogP contribution in [0.3, 0.4) is 0 Å². The van der Waals surface area contributed by atoms with E-state index < -0.39 is 6.10 Å². The lowest BCUT2D eigenvalue weighted by atomic mass is 10.2. The van der Waals surface area contributed by atoms with Gasteiger partial charge in [0.05, 0.1) is 13.2 Å². The lowest BCUT2D eigenvalue weighted by Gasteiger charge is -2.13. The third-order valence-corrected chi connectivity index (χ3v) is 3.39. The van der Waals surface area contributed by atoms with Gasteiger partial charge in [0, 0.05) is 31.8 Å². The van der Waals surface area contributed by atoms with Gasteiger partial charge < -0.3 is 24.6 Å². The van der Waals surface area contributed by atoms with Crippen LogP contribution in [0.25, 0.3) is 0 Å². The van der Waals surface area contributed by atoms with E-state index in [1.165, 1.54) is 0 Å². The van der Waals surface area contributed by atoms with Gasteiger partial charge in [-0.15, -0.1) is 0 Å². The number of hydrogen-bond acceptors (Lipinski definition) is 5. The lowest BCUT2D eigenvalue weighted by molar-refractivity contribution is 0.0325. The van der Waals surface area contributed by atoms with Crippen molar-refractivity contribution in [1.82, 2.24) is 5.32 Å². The highest BCUT2D eigenvalue weighted by molar-refractivity contribution is 9.10. The zero-order chi connectivity index (χ0) is 14.8. The standard InChI is InChI=1S/C14H22BrNO4/c1-18-6-5-16-8-11-7-13(3-4-14(11)15)20-10-12(17)9-19-2/h3-4,7,12,16-17H,5-6,8-10H2,1-2H3. The lowest BCUT2D eigenvalue weighted by Crippen LogP contribution is -2.22. The number of aliphatic hydroxyl groups is 1. The van der Waals surface area contributed by atoms with Gasteiger partial charge >= 0.3 is 0 Å². The van der Waals surface area contributed by atoms with Gasteiger partial charge in [0.15, 0.2) is 0 Å². The van der Waals surface area contributed by atoms with Crippen LogP contribution < -0.4 is 10.1 Å². The Hall–Kier alpha value is -0.660. The van der Waals surface area contributed by atoms with Gasteiger partial charge in [-0.2, -0.15) is 0 Å². The van der Waals surface area contributed by atoms with Crippen molar-refractivity contribution in [3.63, 3.8) is 0 Å². The maximum Gasteiger partial charge on any atom is 0.119 e. The molecule has 1 unspecified atom stereocenters. The first-order valence-corrected chi connectivity index (χ1v) is 7.24. The summed E-state index contributed by atoms with van der Waals surface area (Å²) in [5, 5.41) is 12.8. The maximum absolute atomic E-state index is 9.55. The summed E-state index contributed by atoms with van der Waals surface area (Å²) >= 11 is 3.51.